The molecule has 2 aromatic carbocycles. The first-order chi connectivity index (χ1) is 16.7. The number of rotatable bonds is 3. The molecule has 24 heavy (non-hydrogen) atoms. The summed E-state index contributed by atoms with van der Waals surface area (Å²) in [7, 11) is 0. The van der Waals surface area contributed by atoms with Crippen molar-refractivity contribution in [1.82, 2.24) is 15.1 Å². The van der Waals surface area contributed by atoms with E-state index in [9.17, 15) is 4.79 Å². The smallest absolute Gasteiger partial charge is 0.250 e. The van der Waals surface area contributed by atoms with Crippen LogP contribution in [0.15, 0.2) is 48.6 Å². The number of nitrogens with one attached hydrogen (secondary N) is 1. The summed E-state index contributed by atoms with van der Waals surface area (Å²) in [6.45, 7) is -6.69. The van der Waals surface area contributed by atoms with Gasteiger partial charge < -0.3 is 11.1 Å². The summed E-state index contributed by atoms with van der Waals surface area (Å²) in [4.78, 5) is 11.8. The van der Waals surface area contributed by atoms with Gasteiger partial charge in [-0.25, -0.2) is 4.68 Å². The van der Waals surface area contributed by atoms with Gasteiger partial charge >= 0.3 is 0 Å². The molecule has 1 fully saturated rings. The number of piperidine rings is 1. The average molecular weight is 333 g/mol. The highest BCUT2D eigenvalue weighted by atomic mass is 16.1. The van der Waals surface area contributed by atoms with Crippen LogP contribution in [0.25, 0.3) is 16.6 Å². The van der Waals surface area contributed by atoms with E-state index in [1.165, 1.54) is 18.3 Å². The second-order valence-electron chi connectivity index (χ2n) is 4.90. The molecule has 0 spiro atoms. The summed E-state index contributed by atoms with van der Waals surface area (Å²) in [6.07, 6.45) is -5.93. The Morgan fingerprint density at radius 3 is 3.04 bits per heavy atom. The highest BCUT2D eigenvalue weighted by Gasteiger charge is 2.15. The van der Waals surface area contributed by atoms with Gasteiger partial charge in [-0.05, 0) is 48.9 Å². The van der Waals surface area contributed by atoms with Gasteiger partial charge in [0.15, 0.2) is 0 Å². The summed E-state index contributed by atoms with van der Waals surface area (Å²) in [5, 5.41) is 6.18. The minimum atomic E-state index is -3.69. The molecule has 3 N–H and O–H groups in total. The molecule has 1 unspecified atom stereocenters. The second-order valence-corrected chi connectivity index (χ2v) is 4.90. The predicted octanol–water partition coefficient (Wildman–Crippen LogP) is 2.59. The number of carbonyl (C=O) groups excluding carboxylic acids is 1. The SMILES string of the molecule is [2H]c1c([2H])c(C2([2H])C([2H])([2H])NC([2H])([2H])C([2H])([2H])C2([2H])[2H])c([2H])c([2H])c1-n1cc2cccc(C(N)=O)c2n1. The normalized spacial score (nSPS) is 37.2. The third-order valence-corrected chi connectivity index (χ3v) is 3.39. The zero-order chi connectivity index (χ0) is 28.1. The predicted molar refractivity (Wildman–Crippen MR) is 94.4 cm³/mol. The maximum atomic E-state index is 11.8. The molecule has 2 heterocycles. The monoisotopic (exact) mass is 333 g/mol. The number of nitrogens with zero attached hydrogens (tertiary/aromatic N) is 2. The largest absolute Gasteiger partial charge is 0.366 e. The summed E-state index contributed by atoms with van der Waals surface area (Å²) in [5.74, 6) is -4.29. The molecular weight excluding hydrogens is 300 g/mol. The van der Waals surface area contributed by atoms with Crippen LogP contribution < -0.4 is 11.1 Å². The van der Waals surface area contributed by atoms with E-state index in [-0.39, 0.29) is 11.1 Å². The minimum Gasteiger partial charge on any atom is -0.366 e. The number of carbonyl (C=O) groups is 1. The van der Waals surface area contributed by atoms with E-state index in [2.05, 4.69) is 5.10 Å². The Balaban J connectivity index is 2.04. The van der Waals surface area contributed by atoms with E-state index < -0.39 is 73.0 Å². The maximum Gasteiger partial charge on any atom is 0.250 e. The summed E-state index contributed by atoms with van der Waals surface area (Å²) in [5.41, 5.74) is 3.93. The average Bonchev–Trinajstić information content (AvgIpc) is 3.19. The number of aromatic nitrogens is 2. The fraction of sp³-hybridized carbons (Fsp3) is 0.263. The van der Waals surface area contributed by atoms with Gasteiger partial charge in [-0.15, -0.1) is 0 Å². The number of hydrogen-bond donors (Lipinski definition) is 2. The molecule has 0 saturated carbocycles. The Morgan fingerprint density at radius 2 is 2.25 bits per heavy atom. The number of amides is 1. The Bertz CT molecular complexity index is 1440. The van der Waals surface area contributed by atoms with Gasteiger partial charge in [0, 0.05) is 30.4 Å². The topological polar surface area (TPSA) is 72.9 Å². The second kappa shape index (κ2) is 6.09. The van der Waals surface area contributed by atoms with Crippen LogP contribution in [0.3, 0.4) is 0 Å². The number of primary amides is 1. The molecule has 1 saturated heterocycles. The van der Waals surface area contributed by atoms with Gasteiger partial charge in [-0.3, -0.25) is 4.79 Å². The van der Waals surface area contributed by atoms with Crippen LogP contribution in [0.1, 0.15) is 52.4 Å². The lowest BCUT2D eigenvalue weighted by atomic mass is 9.92. The lowest BCUT2D eigenvalue weighted by Crippen LogP contribution is -2.28. The number of benzene rings is 2. The van der Waals surface area contributed by atoms with Crippen LogP contribution in [-0.2, 0) is 0 Å². The third kappa shape index (κ3) is 2.67. The number of nitrogens with two attached hydrogens (primary N) is 1. The highest BCUT2D eigenvalue weighted by molar-refractivity contribution is 6.04. The van der Waals surface area contributed by atoms with Crippen LogP contribution >= 0.6 is 0 Å². The van der Waals surface area contributed by atoms with Gasteiger partial charge in [0.1, 0.15) is 5.52 Å². The van der Waals surface area contributed by atoms with Crippen molar-refractivity contribution in [3.63, 3.8) is 0 Å². The van der Waals surface area contributed by atoms with Crippen LogP contribution in [0.4, 0.5) is 0 Å². The van der Waals surface area contributed by atoms with Crippen molar-refractivity contribution in [3.8, 4) is 5.69 Å². The van der Waals surface area contributed by atoms with Crippen molar-refractivity contribution >= 4 is 16.8 Å². The fourth-order valence-electron chi connectivity index (χ4n) is 2.28. The van der Waals surface area contributed by atoms with Gasteiger partial charge in [-0.1, -0.05) is 24.2 Å². The lowest BCUT2D eigenvalue weighted by molar-refractivity contribution is 0.100. The molecule has 122 valence electrons. The van der Waals surface area contributed by atoms with Crippen LogP contribution in [-0.4, -0.2) is 28.7 Å². The Hall–Kier alpha value is -2.66. The van der Waals surface area contributed by atoms with E-state index in [1.54, 1.807) is 11.4 Å². The molecule has 1 atom stereocenters. The van der Waals surface area contributed by atoms with Crippen LogP contribution in [0, 0.1) is 0 Å². The molecule has 1 aliphatic heterocycles. The van der Waals surface area contributed by atoms with E-state index in [1.807, 2.05) is 0 Å². The van der Waals surface area contributed by atoms with Crippen molar-refractivity contribution in [3.05, 3.63) is 59.7 Å². The fourth-order valence-corrected chi connectivity index (χ4v) is 2.28. The minimum absolute atomic E-state index is 0.0272. The van der Waals surface area contributed by atoms with Gasteiger partial charge in [0.2, 0.25) is 0 Å². The summed E-state index contributed by atoms with van der Waals surface area (Å²) >= 11 is 0. The van der Waals surface area contributed by atoms with Crippen molar-refractivity contribution in [1.29, 1.82) is 0 Å². The summed E-state index contributed by atoms with van der Waals surface area (Å²) < 4.78 is 109. The first-order valence-corrected chi connectivity index (χ1v) is 6.93. The van der Waals surface area contributed by atoms with E-state index in [0.29, 0.717) is 5.39 Å². The molecule has 3 aromatic rings. The molecule has 0 radical (unpaired) electrons. The molecule has 5 heteroatoms. The Kier molecular flexibility index (Phi) is 1.61. The highest BCUT2D eigenvalue weighted by Crippen LogP contribution is 2.25. The van der Waals surface area contributed by atoms with E-state index in [4.69, 9.17) is 23.6 Å². The molecule has 0 aliphatic carbocycles. The Morgan fingerprint density at radius 1 is 1.42 bits per heavy atom. The van der Waals surface area contributed by atoms with E-state index in [0.717, 1.165) is 4.68 Å². The number of fused-ring (bicyclic) bond motifs is 1. The first-order valence-electron chi connectivity index (χ1n) is 13.4. The zero-order valence-corrected chi connectivity index (χ0v) is 12.2. The van der Waals surface area contributed by atoms with Crippen molar-refractivity contribution in [2.45, 2.75) is 18.6 Å². The van der Waals surface area contributed by atoms with Crippen LogP contribution in [0.5, 0.6) is 0 Å². The molecule has 1 aliphatic rings. The van der Waals surface area contributed by atoms with Crippen molar-refractivity contribution < 1.29 is 22.6 Å². The van der Waals surface area contributed by atoms with Gasteiger partial charge in [-0.2, -0.15) is 5.10 Å². The van der Waals surface area contributed by atoms with Crippen LogP contribution in [0.2, 0.25) is 0 Å². The quantitative estimate of drug-likeness (QED) is 0.774. The zero-order valence-electron chi connectivity index (χ0n) is 25.2. The third-order valence-electron chi connectivity index (χ3n) is 3.39. The first kappa shape index (κ1) is 6.33. The molecule has 5 nitrogen and oxygen atoms in total. The van der Waals surface area contributed by atoms with Crippen molar-refractivity contribution in [2.24, 2.45) is 5.73 Å². The molecule has 4 rings (SSSR count). The van der Waals surface area contributed by atoms with Gasteiger partial charge in [0.05, 0.1) is 16.7 Å². The molecule has 1 aromatic heterocycles. The maximum absolute atomic E-state index is 11.8. The molecule has 1 amide bonds. The van der Waals surface area contributed by atoms with Crippen molar-refractivity contribution in [2.75, 3.05) is 13.0 Å². The molecular formula is C19H20N4O. The van der Waals surface area contributed by atoms with E-state index >= 15 is 0 Å². The Labute approximate surface area is 158 Å². The number of hydrogen-bond acceptors (Lipinski definition) is 3. The summed E-state index contributed by atoms with van der Waals surface area (Å²) in [6, 6.07) is 0.678. The standard InChI is InChI=1S/C19H20N4O/c20-19(24)17-5-1-3-15-12-23(22-18(15)17)16-8-6-13(7-9-16)14-4-2-10-21-11-14/h1,3,5-9,12,14,21H,2,4,10-11H2,(H2,20,24)/i2D2,4D2,6D,7D,8D,9D,10D2,11D2,14D. The molecule has 0 bridgehead atoms. The lowest BCUT2D eigenvalue weighted by Gasteiger charge is -2.23. The van der Waals surface area contributed by atoms with Gasteiger partial charge in [0.25, 0.3) is 5.91 Å².